The summed E-state index contributed by atoms with van der Waals surface area (Å²) in [5.74, 6) is 0.00519. The summed E-state index contributed by atoms with van der Waals surface area (Å²) < 4.78 is 9.83. The molecule has 19 heavy (non-hydrogen) atoms. The summed E-state index contributed by atoms with van der Waals surface area (Å²) in [6.45, 7) is 2.15. The molecule has 0 heterocycles. The molecule has 0 unspecified atom stereocenters. The van der Waals surface area contributed by atoms with Crippen molar-refractivity contribution in [1.82, 2.24) is 5.32 Å². The van der Waals surface area contributed by atoms with Crippen LogP contribution in [0.25, 0.3) is 0 Å². The quantitative estimate of drug-likeness (QED) is 0.454. The van der Waals surface area contributed by atoms with E-state index < -0.39 is 10.9 Å². The first-order chi connectivity index (χ1) is 9.10. The van der Waals surface area contributed by atoms with Crippen molar-refractivity contribution in [3.63, 3.8) is 0 Å². The van der Waals surface area contributed by atoms with Gasteiger partial charge in [0.1, 0.15) is 5.75 Å². The van der Waals surface area contributed by atoms with Gasteiger partial charge in [-0.25, -0.2) is 0 Å². The molecule has 0 atom stereocenters. The molecular weight excluding hydrogens is 252 g/mol. The van der Waals surface area contributed by atoms with Crippen LogP contribution in [0.3, 0.4) is 0 Å². The van der Waals surface area contributed by atoms with Crippen molar-refractivity contribution in [2.45, 2.75) is 13.5 Å². The zero-order valence-corrected chi connectivity index (χ0v) is 10.8. The van der Waals surface area contributed by atoms with Crippen LogP contribution in [0.4, 0.5) is 5.69 Å². The summed E-state index contributed by atoms with van der Waals surface area (Å²) >= 11 is 0. The Morgan fingerprint density at radius 1 is 1.47 bits per heavy atom. The molecule has 104 valence electrons. The van der Waals surface area contributed by atoms with Gasteiger partial charge in [0.05, 0.1) is 30.7 Å². The van der Waals surface area contributed by atoms with Crippen LogP contribution < -0.4 is 10.1 Å². The van der Waals surface area contributed by atoms with Gasteiger partial charge in [-0.1, -0.05) is 6.07 Å². The topological polar surface area (TPSA) is 90.7 Å². The fourth-order valence-electron chi connectivity index (χ4n) is 1.60. The minimum Gasteiger partial charge on any atom is -0.496 e. The molecule has 0 bridgehead atoms. The number of hydrogen-bond donors (Lipinski definition) is 1. The average molecular weight is 268 g/mol. The summed E-state index contributed by atoms with van der Waals surface area (Å²) in [4.78, 5) is 21.6. The second kappa shape index (κ2) is 7.32. The maximum Gasteiger partial charge on any atom is 0.319 e. The molecule has 0 aliphatic heterocycles. The Hall–Kier alpha value is -2.15. The Kier molecular flexibility index (Phi) is 5.74. The third kappa shape index (κ3) is 4.22. The van der Waals surface area contributed by atoms with E-state index in [2.05, 4.69) is 5.32 Å². The zero-order chi connectivity index (χ0) is 14.3. The number of nitro benzene ring substituents is 1. The summed E-state index contributed by atoms with van der Waals surface area (Å²) in [5, 5.41) is 13.7. The molecule has 0 amide bonds. The highest BCUT2D eigenvalue weighted by Crippen LogP contribution is 2.27. The van der Waals surface area contributed by atoms with Crippen LogP contribution >= 0.6 is 0 Å². The van der Waals surface area contributed by atoms with E-state index in [4.69, 9.17) is 9.47 Å². The third-order valence-corrected chi connectivity index (χ3v) is 2.40. The number of nitro groups is 1. The predicted octanol–water partition coefficient (Wildman–Crippen LogP) is 1.26. The molecule has 0 aromatic heterocycles. The van der Waals surface area contributed by atoms with Crippen molar-refractivity contribution in [3.05, 3.63) is 33.9 Å². The van der Waals surface area contributed by atoms with E-state index in [9.17, 15) is 14.9 Å². The summed E-state index contributed by atoms with van der Waals surface area (Å²) in [5.41, 5.74) is 0.356. The standard InChI is InChI=1S/C12H16N2O5/c1-3-19-12(15)8-13-7-9-10(14(16)17)5-4-6-11(9)18-2/h4-6,13H,3,7-8H2,1-2H3. The Balaban J connectivity index is 2.75. The zero-order valence-electron chi connectivity index (χ0n) is 10.8. The number of carbonyl (C=O) groups is 1. The van der Waals surface area contributed by atoms with Crippen LogP contribution in [-0.2, 0) is 16.1 Å². The van der Waals surface area contributed by atoms with E-state index in [1.165, 1.54) is 13.2 Å². The monoisotopic (exact) mass is 268 g/mol. The van der Waals surface area contributed by atoms with E-state index in [1.54, 1.807) is 19.1 Å². The Morgan fingerprint density at radius 2 is 2.21 bits per heavy atom. The number of benzene rings is 1. The molecule has 1 rings (SSSR count). The molecule has 7 heteroatoms. The first-order valence-electron chi connectivity index (χ1n) is 5.76. The minimum atomic E-state index is -0.482. The summed E-state index contributed by atoms with van der Waals surface area (Å²) in [6.07, 6.45) is 0. The van der Waals surface area contributed by atoms with Gasteiger partial charge in [-0.2, -0.15) is 0 Å². The number of nitrogens with zero attached hydrogens (tertiary/aromatic N) is 1. The van der Waals surface area contributed by atoms with E-state index >= 15 is 0 Å². The maximum atomic E-state index is 11.2. The highest BCUT2D eigenvalue weighted by Gasteiger charge is 2.17. The fourth-order valence-corrected chi connectivity index (χ4v) is 1.60. The van der Waals surface area contributed by atoms with Crippen LogP contribution in [-0.4, -0.2) is 31.2 Å². The van der Waals surface area contributed by atoms with E-state index in [-0.39, 0.29) is 18.8 Å². The van der Waals surface area contributed by atoms with Gasteiger partial charge < -0.3 is 14.8 Å². The number of rotatable bonds is 7. The Bertz CT molecular complexity index is 461. The number of ether oxygens (including phenoxy) is 2. The van der Waals surface area contributed by atoms with Crippen molar-refractivity contribution in [3.8, 4) is 5.75 Å². The average Bonchev–Trinajstić information content (AvgIpc) is 2.38. The molecule has 1 aromatic rings. The molecule has 0 spiro atoms. The number of carbonyl (C=O) groups excluding carboxylic acids is 1. The summed E-state index contributed by atoms with van der Waals surface area (Å²) in [6, 6.07) is 4.57. The number of hydrogen-bond acceptors (Lipinski definition) is 6. The van der Waals surface area contributed by atoms with Crippen molar-refractivity contribution in [2.75, 3.05) is 20.3 Å². The van der Waals surface area contributed by atoms with Crippen molar-refractivity contribution in [2.24, 2.45) is 0 Å². The van der Waals surface area contributed by atoms with Crippen LogP contribution in [0.2, 0.25) is 0 Å². The second-order valence-electron chi connectivity index (χ2n) is 3.62. The molecule has 0 aliphatic carbocycles. The number of esters is 1. The number of methoxy groups -OCH3 is 1. The minimum absolute atomic E-state index is 0.0109. The fraction of sp³-hybridized carbons (Fsp3) is 0.417. The lowest BCUT2D eigenvalue weighted by Crippen LogP contribution is -2.24. The van der Waals surface area contributed by atoms with Gasteiger partial charge in [-0.3, -0.25) is 14.9 Å². The lowest BCUT2D eigenvalue weighted by molar-refractivity contribution is -0.385. The van der Waals surface area contributed by atoms with E-state index in [0.717, 1.165) is 0 Å². The van der Waals surface area contributed by atoms with Crippen LogP contribution in [0.15, 0.2) is 18.2 Å². The molecule has 1 N–H and O–H groups in total. The van der Waals surface area contributed by atoms with Gasteiger partial charge in [-0.15, -0.1) is 0 Å². The highest BCUT2D eigenvalue weighted by atomic mass is 16.6. The second-order valence-corrected chi connectivity index (χ2v) is 3.62. The summed E-state index contributed by atoms with van der Waals surface area (Å²) in [7, 11) is 1.44. The number of nitrogens with one attached hydrogen (secondary N) is 1. The van der Waals surface area contributed by atoms with Gasteiger partial charge in [-0.05, 0) is 13.0 Å². The van der Waals surface area contributed by atoms with Gasteiger partial charge in [0, 0.05) is 12.6 Å². The lowest BCUT2D eigenvalue weighted by atomic mass is 10.1. The molecule has 0 aliphatic rings. The Morgan fingerprint density at radius 3 is 2.79 bits per heavy atom. The molecule has 0 fully saturated rings. The normalized spacial score (nSPS) is 10.0. The van der Waals surface area contributed by atoms with Crippen molar-refractivity contribution < 1.29 is 19.2 Å². The van der Waals surface area contributed by atoms with Gasteiger partial charge >= 0.3 is 5.97 Å². The van der Waals surface area contributed by atoms with Crippen molar-refractivity contribution in [1.29, 1.82) is 0 Å². The van der Waals surface area contributed by atoms with Gasteiger partial charge in [0.25, 0.3) is 5.69 Å². The molecule has 1 aromatic carbocycles. The van der Waals surface area contributed by atoms with Crippen LogP contribution in [0.1, 0.15) is 12.5 Å². The van der Waals surface area contributed by atoms with Crippen LogP contribution in [0, 0.1) is 10.1 Å². The first-order valence-corrected chi connectivity index (χ1v) is 5.76. The molecule has 7 nitrogen and oxygen atoms in total. The predicted molar refractivity (Wildman–Crippen MR) is 68.0 cm³/mol. The van der Waals surface area contributed by atoms with E-state index in [1.807, 2.05) is 0 Å². The smallest absolute Gasteiger partial charge is 0.319 e. The lowest BCUT2D eigenvalue weighted by Gasteiger charge is -2.09. The van der Waals surface area contributed by atoms with Gasteiger partial charge in [0.15, 0.2) is 0 Å². The highest BCUT2D eigenvalue weighted by molar-refractivity contribution is 5.71. The molecular formula is C12H16N2O5. The Labute approximate surface area is 110 Å². The van der Waals surface area contributed by atoms with Crippen molar-refractivity contribution >= 4 is 11.7 Å². The SMILES string of the molecule is CCOC(=O)CNCc1c(OC)cccc1[N+](=O)[O-]. The largest absolute Gasteiger partial charge is 0.496 e. The maximum absolute atomic E-state index is 11.2. The molecule has 0 saturated carbocycles. The van der Waals surface area contributed by atoms with E-state index in [0.29, 0.717) is 17.9 Å². The molecule has 0 radical (unpaired) electrons. The third-order valence-electron chi connectivity index (χ3n) is 2.40. The first kappa shape index (κ1) is 14.9. The molecule has 0 saturated heterocycles. The van der Waals surface area contributed by atoms with Crippen LogP contribution in [0.5, 0.6) is 5.75 Å². The van der Waals surface area contributed by atoms with Gasteiger partial charge in [0.2, 0.25) is 0 Å².